The number of nitrogens with zero attached hydrogens (tertiary/aromatic N) is 4. The minimum Gasteiger partial charge on any atom is -0.384 e. The van der Waals surface area contributed by atoms with Gasteiger partial charge in [-0.3, -0.25) is 0 Å². The average Bonchev–Trinajstić information content (AvgIpc) is 2.95. The molecule has 0 radical (unpaired) electrons. The van der Waals surface area contributed by atoms with E-state index < -0.39 is 0 Å². The van der Waals surface area contributed by atoms with Crippen LogP contribution in [0, 0.1) is 0 Å². The molecule has 0 saturated heterocycles. The molecule has 1 aromatic carbocycles. The van der Waals surface area contributed by atoms with Gasteiger partial charge in [-0.15, -0.1) is 0 Å². The summed E-state index contributed by atoms with van der Waals surface area (Å²) in [6, 6.07) is 11.5. The zero-order valence-electron chi connectivity index (χ0n) is 11.4. The maximum atomic E-state index is 5.88. The molecule has 0 atom stereocenters. The maximum absolute atomic E-state index is 5.88. The van der Waals surface area contributed by atoms with Crippen molar-refractivity contribution < 1.29 is 0 Å². The summed E-state index contributed by atoms with van der Waals surface area (Å²) in [6.45, 7) is 2.03. The molecular formula is C14H13N5S2. The SMILES string of the molecule is CCc1nsc(Sc2cc(N)nc(-c3ccccc3)n2)n1. The molecule has 0 fully saturated rings. The second kappa shape index (κ2) is 6.19. The highest BCUT2D eigenvalue weighted by Gasteiger charge is 2.09. The topological polar surface area (TPSA) is 77.6 Å². The van der Waals surface area contributed by atoms with Gasteiger partial charge in [-0.1, -0.05) is 37.3 Å². The van der Waals surface area contributed by atoms with E-state index in [1.807, 2.05) is 37.3 Å². The Morgan fingerprint density at radius 2 is 1.95 bits per heavy atom. The lowest BCUT2D eigenvalue weighted by Gasteiger charge is -2.04. The molecule has 0 aliphatic rings. The van der Waals surface area contributed by atoms with Gasteiger partial charge in [0.15, 0.2) is 10.2 Å². The first-order chi connectivity index (χ1) is 10.2. The number of nitrogen functional groups attached to an aromatic ring is 1. The first-order valence-corrected chi connectivity index (χ1v) is 8.04. The molecule has 106 valence electrons. The lowest BCUT2D eigenvalue weighted by atomic mass is 10.2. The van der Waals surface area contributed by atoms with Crippen LogP contribution >= 0.6 is 23.3 Å². The molecule has 5 nitrogen and oxygen atoms in total. The van der Waals surface area contributed by atoms with Crippen molar-refractivity contribution in [3.8, 4) is 11.4 Å². The molecule has 0 saturated carbocycles. The maximum Gasteiger partial charge on any atom is 0.176 e. The highest BCUT2D eigenvalue weighted by molar-refractivity contribution is 8.00. The van der Waals surface area contributed by atoms with E-state index in [-0.39, 0.29) is 0 Å². The van der Waals surface area contributed by atoms with Crippen LogP contribution in [0.2, 0.25) is 0 Å². The Balaban J connectivity index is 1.91. The fourth-order valence-electron chi connectivity index (χ4n) is 1.72. The van der Waals surface area contributed by atoms with Crippen LogP contribution in [0.15, 0.2) is 45.8 Å². The summed E-state index contributed by atoms with van der Waals surface area (Å²) in [6.07, 6.45) is 0.832. The summed E-state index contributed by atoms with van der Waals surface area (Å²) < 4.78 is 5.13. The Hall–Kier alpha value is -1.99. The Morgan fingerprint density at radius 3 is 2.67 bits per heavy atom. The van der Waals surface area contributed by atoms with Crippen LogP contribution < -0.4 is 5.73 Å². The Morgan fingerprint density at radius 1 is 1.14 bits per heavy atom. The van der Waals surface area contributed by atoms with E-state index in [4.69, 9.17) is 5.73 Å². The van der Waals surface area contributed by atoms with Crippen LogP contribution in [0.5, 0.6) is 0 Å². The third kappa shape index (κ3) is 3.37. The Kier molecular flexibility index (Phi) is 4.12. The van der Waals surface area contributed by atoms with Gasteiger partial charge >= 0.3 is 0 Å². The Bertz CT molecular complexity index is 742. The van der Waals surface area contributed by atoms with Crippen LogP contribution in [0.4, 0.5) is 5.82 Å². The third-order valence-corrected chi connectivity index (χ3v) is 4.42. The molecule has 0 bridgehead atoms. The molecule has 3 rings (SSSR count). The summed E-state index contributed by atoms with van der Waals surface area (Å²) in [4.78, 5) is 13.3. The first-order valence-electron chi connectivity index (χ1n) is 6.45. The van der Waals surface area contributed by atoms with Crippen molar-refractivity contribution >= 4 is 29.1 Å². The van der Waals surface area contributed by atoms with Gasteiger partial charge in [0.25, 0.3) is 0 Å². The second-order valence-corrected chi connectivity index (χ2v) is 6.27. The van der Waals surface area contributed by atoms with E-state index in [0.29, 0.717) is 11.6 Å². The van der Waals surface area contributed by atoms with Gasteiger partial charge in [0.05, 0.1) is 0 Å². The molecule has 0 spiro atoms. The van der Waals surface area contributed by atoms with Crippen molar-refractivity contribution in [1.29, 1.82) is 0 Å². The van der Waals surface area contributed by atoms with Gasteiger partial charge in [0.2, 0.25) is 0 Å². The van der Waals surface area contributed by atoms with Crippen LogP contribution in [0.3, 0.4) is 0 Å². The molecule has 3 aromatic rings. The number of benzene rings is 1. The van der Waals surface area contributed by atoms with Gasteiger partial charge in [-0.25, -0.2) is 15.0 Å². The molecule has 0 aliphatic carbocycles. The van der Waals surface area contributed by atoms with Gasteiger partial charge in [0, 0.05) is 18.1 Å². The predicted molar refractivity (Wildman–Crippen MR) is 85.3 cm³/mol. The van der Waals surface area contributed by atoms with Crippen molar-refractivity contribution in [3.05, 3.63) is 42.2 Å². The number of anilines is 1. The zero-order chi connectivity index (χ0) is 14.7. The standard InChI is InChI=1S/C14H13N5S2/c1-2-11-17-14(21-19-11)20-12-8-10(15)16-13(18-12)9-6-4-3-5-7-9/h3-8H,2H2,1H3,(H2,15,16,18). The van der Waals surface area contributed by atoms with Crippen LogP contribution in [-0.2, 0) is 6.42 Å². The third-order valence-electron chi connectivity index (χ3n) is 2.71. The fourth-order valence-corrected chi connectivity index (χ4v) is 3.38. The molecule has 2 aromatic heterocycles. The van der Waals surface area contributed by atoms with E-state index in [1.165, 1.54) is 23.3 Å². The summed E-state index contributed by atoms with van der Waals surface area (Å²) in [5.74, 6) is 1.93. The van der Waals surface area contributed by atoms with Crippen molar-refractivity contribution in [3.63, 3.8) is 0 Å². The van der Waals surface area contributed by atoms with E-state index in [0.717, 1.165) is 27.2 Å². The smallest absolute Gasteiger partial charge is 0.176 e. The highest BCUT2D eigenvalue weighted by Crippen LogP contribution is 2.30. The number of aryl methyl sites for hydroxylation is 1. The highest BCUT2D eigenvalue weighted by atomic mass is 32.2. The number of hydrogen-bond donors (Lipinski definition) is 1. The minimum absolute atomic E-state index is 0.451. The van der Waals surface area contributed by atoms with Crippen LogP contribution in [0.25, 0.3) is 11.4 Å². The van der Waals surface area contributed by atoms with Gasteiger partial charge in [-0.05, 0) is 23.3 Å². The molecule has 21 heavy (non-hydrogen) atoms. The summed E-state index contributed by atoms with van der Waals surface area (Å²) in [5.41, 5.74) is 6.83. The molecular weight excluding hydrogens is 302 g/mol. The largest absolute Gasteiger partial charge is 0.384 e. The quantitative estimate of drug-likeness (QED) is 0.744. The van der Waals surface area contributed by atoms with Crippen molar-refractivity contribution in [2.45, 2.75) is 22.7 Å². The average molecular weight is 315 g/mol. The van der Waals surface area contributed by atoms with Crippen molar-refractivity contribution in [2.24, 2.45) is 0 Å². The number of hydrogen-bond acceptors (Lipinski definition) is 7. The lowest BCUT2D eigenvalue weighted by molar-refractivity contribution is 0.969. The number of nitrogens with two attached hydrogens (primary N) is 1. The van der Waals surface area contributed by atoms with Gasteiger partial charge < -0.3 is 5.73 Å². The summed E-state index contributed by atoms with van der Waals surface area (Å²) >= 11 is 2.84. The van der Waals surface area contributed by atoms with E-state index in [9.17, 15) is 0 Å². The van der Waals surface area contributed by atoms with E-state index in [2.05, 4.69) is 19.3 Å². The number of rotatable bonds is 4. The van der Waals surface area contributed by atoms with Crippen molar-refractivity contribution in [1.82, 2.24) is 19.3 Å². The number of aromatic nitrogens is 4. The zero-order valence-corrected chi connectivity index (χ0v) is 13.0. The normalized spacial score (nSPS) is 10.7. The van der Waals surface area contributed by atoms with E-state index in [1.54, 1.807) is 6.07 Å². The first kappa shape index (κ1) is 14.0. The van der Waals surface area contributed by atoms with Crippen molar-refractivity contribution in [2.75, 3.05) is 5.73 Å². The molecule has 2 N–H and O–H groups in total. The van der Waals surface area contributed by atoms with Crippen LogP contribution in [0.1, 0.15) is 12.7 Å². The molecule has 2 heterocycles. The van der Waals surface area contributed by atoms with Gasteiger partial charge in [0.1, 0.15) is 16.7 Å². The molecule has 0 amide bonds. The predicted octanol–water partition coefficient (Wildman–Crippen LogP) is 3.29. The van der Waals surface area contributed by atoms with Gasteiger partial charge in [-0.2, -0.15) is 4.37 Å². The van der Waals surface area contributed by atoms with Crippen LogP contribution in [-0.4, -0.2) is 19.3 Å². The monoisotopic (exact) mass is 315 g/mol. The fraction of sp³-hybridized carbons (Fsp3) is 0.143. The minimum atomic E-state index is 0.451. The Labute approximate surface area is 130 Å². The molecule has 0 unspecified atom stereocenters. The van der Waals surface area contributed by atoms with E-state index >= 15 is 0 Å². The molecule has 7 heteroatoms. The lowest BCUT2D eigenvalue weighted by Crippen LogP contribution is -1.97. The second-order valence-electron chi connectivity index (χ2n) is 4.25. The summed E-state index contributed by atoms with van der Waals surface area (Å²) in [5, 5.41) is 0.778. The summed E-state index contributed by atoms with van der Waals surface area (Å²) in [7, 11) is 0. The molecule has 0 aliphatic heterocycles.